The van der Waals surface area contributed by atoms with Gasteiger partial charge < -0.3 is 10.4 Å². The smallest absolute Gasteiger partial charge is 0.393 e. The van der Waals surface area contributed by atoms with E-state index in [-0.39, 0.29) is 5.02 Å². The van der Waals surface area contributed by atoms with Crippen molar-refractivity contribution in [2.75, 3.05) is 5.32 Å². The third-order valence-electron chi connectivity index (χ3n) is 5.07. The molecule has 4 rings (SSSR count). The van der Waals surface area contributed by atoms with Crippen molar-refractivity contribution < 1.29 is 18.3 Å². The van der Waals surface area contributed by atoms with Crippen LogP contribution in [-0.4, -0.2) is 21.2 Å². The third kappa shape index (κ3) is 4.10. The van der Waals surface area contributed by atoms with E-state index in [4.69, 9.17) is 23.2 Å². The van der Waals surface area contributed by atoms with Crippen molar-refractivity contribution in [3.05, 3.63) is 69.5 Å². The monoisotopic (exact) mass is 453 g/mol. The normalized spacial score (nSPS) is 16.3. The van der Waals surface area contributed by atoms with Crippen LogP contribution >= 0.6 is 23.2 Å². The number of aromatic nitrogens is 2. The highest BCUT2D eigenvalue weighted by Gasteiger charge is 2.30. The number of nitrogens with zero attached hydrogens (tertiary/aromatic N) is 2. The first-order valence-corrected chi connectivity index (χ1v) is 9.93. The second-order valence-electron chi connectivity index (χ2n) is 7.03. The minimum absolute atomic E-state index is 0.178. The number of anilines is 2. The molecule has 1 heterocycles. The van der Waals surface area contributed by atoms with E-state index in [1.807, 2.05) is 0 Å². The Bertz CT molecular complexity index is 1090. The van der Waals surface area contributed by atoms with Crippen LogP contribution in [0.15, 0.2) is 42.7 Å². The maximum absolute atomic E-state index is 12.8. The zero-order valence-corrected chi connectivity index (χ0v) is 17.0. The lowest BCUT2D eigenvalue weighted by Gasteiger charge is -2.25. The molecule has 9 heteroatoms. The van der Waals surface area contributed by atoms with E-state index in [2.05, 4.69) is 15.3 Å². The maximum Gasteiger partial charge on any atom is 0.416 e. The Labute approximate surface area is 180 Å². The lowest BCUT2D eigenvalue weighted by atomic mass is 9.88. The molecule has 2 aromatic carbocycles. The van der Waals surface area contributed by atoms with Gasteiger partial charge in [-0.1, -0.05) is 35.3 Å². The molecular formula is C21H16Cl2F3N3O. The summed E-state index contributed by atoms with van der Waals surface area (Å²) in [6.45, 7) is 0. The molecule has 0 aliphatic heterocycles. The van der Waals surface area contributed by atoms with Gasteiger partial charge in [-0.3, -0.25) is 0 Å². The summed E-state index contributed by atoms with van der Waals surface area (Å²) >= 11 is 12.8. The van der Waals surface area contributed by atoms with Crippen LogP contribution in [0.5, 0.6) is 0 Å². The molecule has 3 aromatic rings. The number of aliphatic hydroxyl groups is 1. The number of nitrogens with one attached hydrogen (secondary N) is 1. The predicted octanol–water partition coefficient (Wildman–Crippen LogP) is 6.06. The van der Waals surface area contributed by atoms with Crippen LogP contribution in [-0.2, 0) is 19.0 Å². The van der Waals surface area contributed by atoms with E-state index < -0.39 is 17.8 Å². The Balaban J connectivity index is 1.68. The zero-order valence-electron chi connectivity index (χ0n) is 15.5. The summed E-state index contributed by atoms with van der Waals surface area (Å²) in [5.41, 5.74) is 2.58. The second-order valence-corrected chi connectivity index (χ2v) is 7.82. The van der Waals surface area contributed by atoms with Gasteiger partial charge in [-0.15, -0.1) is 0 Å². The summed E-state index contributed by atoms with van der Waals surface area (Å²) in [5.74, 6) is 0.311. The SMILES string of the molecule is OC1CCc2c(Cl)ccc(Nc3ncnc(-c4ccc(C(F)(F)F)cc4)c3Cl)c2C1. The fraction of sp³-hybridized carbons (Fsp3) is 0.238. The van der Waals surface area contributed by atoms with E-state index in [1.165, 1.54) is 18.5 Å². The topological polar surface area (TPSA) is 58.0 Å². The maximum atomic E-state index is 12.8. The second kappa shape index (κ2) is 8.06. The highest BCUT2D eigenvalue weighted by atomic mass is 35.5. The molecule has 1 aliphatic rings. The summed E-state index contributed by atoms with van der Waals surface area (Å²) in [6, 6.07) is 8.17. The number of hydrogen-bond acceptors (Lipinski definition) is 4. The van der Waals surface area contributed by atoms with Crippen LogP contribution in [0.3, 0.4) is 0 Å². The van der Waals surface area contributed by atoms with Crippen LogP contribution in [0.2, 0.25) is 10.0 Å². The molecule has 156 valence electrons. The number of fused-ring (bicyclic) bond motifs is 1. The molecule has 2 N–H and O–H groups in total. The Morgan fingerprint density at radius 2 is 1.73 bits per heavy atom. The average molecular weight is 454 g/mol. The molecule has 1 atom stereocenters. The van der Waals surface area contributed by atoms with Gasteiger partial charge in [0, 0.05) is 22.7 Å². The summed E-state index contributed by atoms with van der Waals surface area (Å²) < 4.78 is 38.4. The van der Waals surface area contributed by atoms with E-state index >= 15 is 0 Å². The molecule has 1 aliphatic carbocycles. The van der Waals surface area contributed by atoms with Gasteiger partial charge >= 0.3 is 6.18 Å². The van der Waals surface area contributed by atoms with Gasteiger partial charge in [-0.25, -0.2) is 9.97 Å². The van der Waals surface area contributed by atoms with Crippen molar-refractivity contribution in [3.8, 4) is 11.3 Å². The first-order chi connectivity index (χ1) is 14.2. The van der Waals surface area contributed by atoms with Crippen molar-refractivity contribution in [1.29, 1.82) is 0 Å². The lowest BCUT2D eigenvalue weighted by molar-refractivity contribution is -0.137. The van der Waals surface area contributed by atoms with Crippen molar-refractivity contribution >= 4 is 34.7 Å². The van der Waals surface area contributed by atoms with Crippen molar-refractivity contribution in [2.45, 2.75) is 31.5 Å². The number of hydrogen-bond donors (Lipinski definition) is 2. The minimum Gasteiger partial charge on any atom is -0.393 e. The fourth-order valence-corrected chi connectivity index (χ4v) is 4.06. The quantitative estimate of drug-likeness (QED) is 0.505. The van der Waals surface area contributed by atoms with Gasteiger partial charge in [0.2, 0.25) is 0 Å². The minimum atomic E-state index is -4.42. The Kier molecular flexibility index (Phi) is 5.61. The molecule has 0 spiro atoms. The van der Waals surface area contributed by atoms with Gasteiger partial charge in [-0.2, -0.15) is 13.2 Å². The first-order valence-electron chi connectivity index (χ1n) is 9.17. The van der Waals surface area contributed by atoms with Gasteiger partial charge in [0.1, 0.15) is 11.3 Å². The first kappa shape index (κ1) is 20.9. The molecule has 4 nitrogen and oxygen atoms in total. The fourth-order valence-electron chi connectivity index (χ4n) is 3.54. The standard InChI is InChI=1S/C21H16Cl2F3N3O/c22-16-7-8-17(15-9-13(30)5-6-14(15)16)29-20-18(23)19(27-10-28-20)11-1-3-12(4-2-11)21(24,25)26/h1-4,7-8,10,13,30H,5-6,9H2,(H,27,28,29). The third-order valence-corrected chi connectivity index (χ3v) is 5.78. The van der Waals surface area contributed by atoms with E-state index in [9.17, 15) is 18.3 Å². The number of halogens is 5. The Morgan fingerprint density at radius 1 is 1.00 bits per heavy atom. The molecule has 0 fully saturated rings. The molecule has 30 heavy (non-hydrogen) atoms. The van der Waals surface area contributed by atoms with Crippen molar-refractivity contribution in [1.82, 2.24) is 9.97 Å². The van der Waals surface area contributed by atoms with Crippen LogP contribution in [0, 0.1) is 0 Å². The van der Waals surface area contributed by atoms with Gasteiger partial charge in [0.05, 0.1) is 17.4 Å². The lowest BCUT2D eigenvalue weighted by Crippen LogP contribution is -2.20. The predicted molar refractivity (Wildman–Crippen MR) is 110 cm³/mol. The molecule has 0 bridgehead atoms. The van der Waals surface area contributed by atoms with Gasteiger partial charge in [0.15, 0.2) is 5.82 Å². The largest absolute Gasteiger partial charge is 0.416 e. The number of rotatable bonds is 3. The van der Waals surface area contributed by atoms with Crippen LogP contribution in [0.25, 0.3) is 11.3 Å². The van der Waals surface area contributed by atoms with Crippen LogP contribution < -0.4 is 5.32 Å². The summed E-state index contributed by atoms with van der Waals surface area (Å²) in [6.07, 6.45) is -1.83. The summed E-state index contributed by atoms with van der Waals surface area (Å²) in [4.78, 5) is 8.31. The van der Waals surface area contributed by atoms with Gasteiger partial charge in [0.25, 0.3) is 0 Å². The molecule has 1 unspecified atom stereocenters. The van der Waals surface area contributed by atoms with E-state index in [0.717, 1.165) is 23.3 Å². The molecule has 0 saturated carbocycles. The molecule has 1 aromatic heterocycles. The summed E-state index contributed by atoms with van der Waals surface area (Å²) in [7, 11) is 0. The van der Waals surface area contributed by atoms with Crippen molar-refractivity contribution in [3.63, 3.8) is 0 Å². The van der Waals surface area contributed by atoms with Crippen LogP contribution in [0.1, 0.15) is 23.1 Å². The number of alkyl halides is 3. The highest BCUT2D eigenvalue weighted by molar-refractivity contribution is 6.35. The number of benzene rings is 2. The van der Waals surface area contributed by atoms with Gasteiger partial charge in [-0.05, 0) is 48.2 Å². The Morgan fingerprint density at radius 3 is 2.43 bits per heavy atom. The summed E-state index contributed by atoms with van der Waals surface area (Å²) in [5, 5.41) is 14.0. The molecule has 0 amide bonds. The van der Waals surface area contributed by atoms with E-state index in [0.29, 0.717) is 47.0 Å². The Hall–Kier alpha value is -2.35. The van der Waals surface area contributed by atoms with E-state index in [1.54, 1.807) is 12.1 Å². The number of aliphatic hydroxyl groups excluding tert-OH is 1. The molecule has 0 radical (unpaired) electrons. The average Bonchev–Trinajstić information content (AvgIpc) is 2.71. The van der Waals surface area contributed by atoms with Crippen molar-refractivity contribution in [2.24, 2.45) is 0 Å². The zero-order chi connectivity index (χ0) is 21.5. The molecule has 0 saturated heterocycles. The molecular weight excluding hydrogens is 438 g/mol. The highest BCUT2D eigenvalue weighted by Crippen LogP contribution is 2.38. The van der Waals surface area contributed by atoms with Crippen LogP contribution in [0.4, 0.5) is 24.7 Å².